The highest BCUT2D eigenvalue weighted by molar-refractivity contribution is 5.44. The molecule has 0 saturated carbocycles. The highest BCUT2D eigenvalue weighted by atomic mass is 16.6. The Bertz CT molecular complexity index is 416. The third kappa shape index (κ3) is 3.21. The van der Waals surface area contributed by atoms with Crippen molar-refractivity contribution in [1.82, 2.24) is 0 Å². The fourth-order valence-electron chi connectivity index (χ4n) is 2.67. The number of hydrogen-bond acceptors (Lipinski definition) is 3. The second-order valence-corrected chi connectivity index (χ2v) is 5.08. The van der Waals surface area contributed by atoms with Crippen LogP contribution in [-0.4, -0.2) is 26.4 Å². The van der Waals surface area contributed by atoms with E-state index < -0.39 is 0 Å². The molecule has 0 spiro atoms. The van der Waals surface area contributed by atoms with Crippen LogP contribution in [0.3, 0.4) is 0 Å². The molecule has 1 aromatic rings. The minimum Gasteiger partial charge on any atom is -0.493 e. The van der Waals surface area contributed by atoms with E-state index in [1.165, 1.54) is 5.56 Å². The van der Waals surface area contributed by atoms with E-state index in [0.717, 1.165) is 30.8 Å². The summed E-state index contributed by atoms with van der Waals surface area (Å²) in [6, 6.07) is 6.22. The molecule has 0 aromatic heterocycles. The first-order chi connectivity index (χ1) is 9.23. The Morgan fingerprint density at radius 2 is 1.84 bits per heavy atom. The van der Waals surface area contributed by atoms with E-state index in [-0.39, 0.29) is 0 Å². The fraction of sp³-hybridized carbons (Fsp3) is 0.625. The van der Waals surface area contributed by atoms with Crippen molar-refractivity contribution in [3.63, 3.8) is 0 Å². The Kier molecular flexibility index (Phi) is 4.70. The molecule has 1 aliphatic heterocycles. The molecule has 1 aromatic carbocycles. The SMILES string of the molecule is CCC(CC1OC1CC)c1ccc(OC)c(OC)c1. The monoisotopic (exact) mass is 264 g/mol. The van der Waals surface area contributed by atoms with Crippen molar-refractivity contribution in [2.75, 3.05) is 14.2 Å². The first-order valence-electron chi connectivity index (χ1n) is 7.10. The van der Waals surface area contributed by atoms with Gasteiger partial charge in [-0.1, -0.05) is 19.9 Å². The molecule has 3 atom stereocenters. The van der Waals surface area contributed by atoms with Gasteiger partial charge in [-0.3, -0.25) is 0 Å². The Morgan fingerprint density at radius 1 is 1.11 bits per heavy atom. The first-order valence-corrected chi connectivity index (χ1v) is 7.10. The van der Waals surface area contributed by atoms with Crippen LogP contribution in [0.15, 0.2) is 18.2 Å². The molecule has 106 valence electrons. The van der Waals surface area contributed by atoms with E-state index >= 15 is 0 Å². The molecular formula is C16H24O3. The molecule has 1 saturated heterocycles. The largest absolute Gasteiger partial charge is 0.493 e. The number of ether oxygens (including phenoxy) is 3. The molecule has 0 N–H and O–H groups in total. The van der Waals surface area contributed by atoms with Gasteiger partial charge in [0.1, 0.15) is 0 Å². The van der Waals surface area contributed by atoms with Gasteiger partial charge in [0.15, 0.2) is 11.5 Å². The highest BCUT2D eigenvalue weighted by Crippen LogP contribution is 2.38. The van der Waals surface area contributed by atoms with E-state index in [9.17, 15) is 0 Å². The molecule has 1 heterocycles. The Labute approximate surface area is 115 Å². The quantitative estimate of drug-likeness (QED) is 0.702. The number of rotatable bonds is 7. The van der Waals surface area contributed by atoms with Gasteiger partial charge < -0.3 is 14.2 Å². The van der Waals surface area contributed by atoms with Crippen molar-refractivity contribution >= 4 is 0 Å². The summed E-state index contributed by atoms with van der Waals surface area (Å²) in [4.78, 5) is 0. The van der Waals surface area contributed by atoms with Crippen molar-refractivity contribution in [3.05, 3.63) is 23.8 Å². The summed E-state index contributed by atoms with van der Waals surface area (Å²) in [7, 11) is 3.35. The molecule has 3 unspecified atom stereocenters. The Morgan fingerprint density at radius 3 is 2.37 bits per heavy atom. The summed E-state index contributed by atoms with van der Waals surface area (Å²) in [6.45, 7) is 4.41. The number of hydrogen-bond donors (Lipinski definition) is 0. The third-order valence-corrected chi connectivity index (χ3v) is 3.98. The van der Waals surface area contributed by atoms with E-state index in [1.807, 2.05) is 6.07 Å². The zero-order valence-electron chi connectivity index (χ0n) is 12.3. The zero-order chi connectivity index (χ0) is 13.8. The smallest absolute Gasteiger partial charge is 0.160 e. The average Bonchev–Trinajstić information content (AvgIpc) is 3.22. The van der Waals surface area contributed by atoms with Crippen molar-refractivity contribution in [3.8, 4) is 11.5 Å². The van der Waals surface area contributed by atoms with Gasteiger partial charge >= 0.3 is 0 Å². The summed E-state index contributed by atoms with van der Waals surface area (Å²) >= 11 is 0. The lowest BCUT2D eigenvalue weighted by Crippen LogP contribution is -2.04. The predicted octanol–water partition coefficient (Wildman–Crippen LogP) is 3.76. The van der Waals surface area contributed by atoms with Crippen LogP contribution in [0.4, 0.5) is 0 Å². The van der Waals surface area contributed by atoms with E-state index in [0.29, 0.717) is 18.1 Å². The lowest BCUT2D eigenvalue weighted by Gasteiger charge is -2.16. The fourth-order valence-corrected chi connectivity index (χ4v) is 2.67. The van der Waals surface area contributed by atoms with Crippen molar-refractivity contribution < 1.29 is 14.2 Å². The maximum Gasteiger partial charge on any atom is 0.160 e. The molecule has 0 bridgehead atoms. The zero-order valence-corrected chi connectivity index (χ0v) is 12.3. The third-order valence-electron chi connectivity index (χ3n) is 3.98. The van der Waals surface area contributed by atoms with Crippen molar-refractivity contribution in [2.24, 2.45) is 0 Å². The van der Waals surface area contributed by atoms with Crippen LogP contribution in [0.2, 0.25) is 0 Å². The van der Waals surface area contributed by atoms with Crippen LogP contribution < -0.4 is 9.47 Å². The van der Waals surface area contributed by atoms with E-state index in [4.69, 9.17) is 14.2 Å². The van der Waals surface area contributed by atoms with E-state index in [1.54, 1.807) is 14.2 Å². The second-order valence-electron chi connectivity index (χ2n) is 5.08. The molecule has 3 nitrogen and oxygen atoms in total. The molecule has 2 rings (SSSR count). The number of methoxy groups -OCH3 is 2. The van der Waals surface area contributed by atoms with Gasteiger partial charge in [0.25, 0.3) is 0 Å². The maximum absolute atomic E-state index is 5.67. The van der Waals surface area contributed by atoms with E-state index in [2.05, 4.69) is 26.0 Å². The summed E-state index contributed by atoms with van der Waals surface area (Å²) in [5.74, 6) is 2.12. The van der Waals surface area contributed by atoms with Gasteiger partial charge in [0, 0.05) is 0 Å². The predicted molar refractivity (Wildman–Crippen MR) is 76.1 cm³/mol. The van der Waals surface area contributed by atoms with Crippen molar-refractivity contribution in [1.29, 1.82) is 0 Å². The normalized spacial score (nSPS) is 22.9. The molecule has 3 heteroatoms. The minimum absolute atomic E-state index is 0.447. The summed E-state index contributed by atoms with van der Waals surface area (Å²) in [6.07, 6.45) is 4.26. The molecule has 19 heavy (non-hydrogen) atoms. The van der Waals surface area contributed by atoms with Crippen LogP contribution in [0.1, 0.15) is 44.6 Å². The molecule has 0 amide bonds. The van der Waals surface area contributed by atoms with Gasteiger partial charge in [-0.25, -0.2) is 0 Å². The average molecular weight is 264 g/mol. The number of benzene rings is 1. The minimum atomic E-state index is 0.447. The van der Waals surface area contributed by atoms with Crippen LogP contribution in [0.5, 0.6) is 11.5 Å². The lowest BCUT2D eigenvalue weighted by atomic mass is 9.90. The highest BCUT2D eigenvalue weighted by Gasteiger charge is 2.38. The molecule has 1 aliphatic rings. The van der Waals surface area contributed by atoms with Gasteiger partial charge in [-0.05, 0) is 42.9 Å². The lowest BCUT2D eigenvalue weighted by molar-refractivity contribution is 0.346. The standard InChI is InChI=1S/C16H24O3/c1-5-11(9-16-13(6-2)19-16)12-7-8-14(17-3)15(10-12)18-4/h7-8,10-11,13,16H,5-6,9H2,1-4H3. The molecular weight excluding hydrogens is 240 g/mol. The molecule has 0 radical (unpaired) electrons. The van der Waals surface area contributed by atoms with Gasteiger partial charge in [-0.15, -0.1) is 0 Å². The Hall–Kier alpha value is -1.22. The maximum atomic E-state index is 5.67. The Balaban J connectivity index is 2.09. The second kappa shape index (κ2) is 6.29. The van der Waals surface area contributed by atoms with Gasteiger partial charge in [0.2, 0.25) is 0 Å². The van der Waals surface area contributed by atoms with Crippen LogP contribution in [0.25, 0.3) is 0 Å². The van der Waals surface area contributed by atoms with Gasteiger partial charge in [-0.2, -0.15) is 0 Å². The molecule has 0 aliphatic carbocycles. The summed E-state index contributed by atoms with van der Waals surface area (Å²) in [5.41, 5.74) is 1.31. The number of epoxide rings is 1. The van der Waals surface area contributed by atoms with Crippen LogP contribution >= 0.6 is 0 Å². The summed E-state index contributed by atoms with van der Waals surface area (Å²) in [5, 5.41) is 0. The first kappa shape index (κ1) is 14.2. The molecule has 1 fully saturated rings. The topological polar surface area (TPSA) is 31.0 Å². The van der Waals surface area contributed by atoms with Crippen LogP contribution in [0, 0.1) is 0 Å². The van der Waals surface area contributed by atoms with Gasteiger partial charge in [0.05, 0.1) is 26.4 Å². The van der Waals surface area contributed by atoms with Crippen molar-refractivity contribution in [2.45, 2.75) is 51.2 Å². The van der Waals surface area contributed by atoms with Crippen LogP contribution in [-0.2, 0) is 4.74 Å². The summed E-state index contributed by atoms with van der Waals surface area (Å²) < 4.78 is 16.3.